The van der Waals surface area contributed by atoms with Crippen molar-refractivity contribution in [3.05, 3.63) is 102 Å². The number of hydrogen-bond donors (Lipinski definition) is 3. The molecule has 1 amide bonds. The molecule has 1 heterocycles. The van der Waals surface area contributed by atoms with E-state index in [0.717, 1.165) is 11.6 Å². The molecule has 0 bridgehead atoms. The second-order valence-corrected chi connectivity index (χ2v) is 7.28. The SMILES string of the molecule is COc1cccc(CN/C(=N/C(=O)c2cccc(F)c2)Nc2cc(-c3ccc(F)cc3)n[nH]2)c1. The quantitative estimate of drug-likeness (QED) is 0.284. The normalized spacial score (nSPS) is 11.2. The van der Waals surface area contributed by atoms with Crippen LogP contribution in [0.1, 0.15) is 15.9 Å². The average molecular weight is 461 g/mol. The molecule has 0 radical (unpaired) electrons. The number of benzene rings is 3. The number of rotatable bonds is 6. The maximum atomic E-state index is 13.6. The topological polar surface area (TPSA) is 91.4 Å². The van der Waals surface area contributed by atoms with E-state index in [9.17, 15) is 13.6 Å². The molecule has 0 aliphatic rings. The molecule has 9 heteroatoms. The highest BCUT2D eigenvalue weighted by Crippen LogP contribution is 2.20. The lowest BCUT2D eigenvalue weighted by molar-refractivity contribution is 0.100. The predicted molar refractivity (Wildman–Crippen MR) is 126 cm³/mol. The number of aliphatic imine (C=N–C) groups is 1. The molecular weight excluding hydrogens is 440 g/mol. The lowest BCUT2D eigenvalue weighted by atomic mass is 10.1. The van der Waals surface area contributed by atoms with Crippen LogP contribution in [-0.4, -0.2) is 29.2 Å². The first-order chi connectivity index (χ1) is 16.5. The number of aromatic amines is 1. The van der Waals surface area contributed by atoms with E-state index in [0.29, 0.717) is 29.4 Å². The second kappa shape index (κ2) is 10.4. The number of aromatic nitrogens is 2. The van der Waals surface area contributed by atoms with Crippen LogP contribution in [0.2, 0.25) is 0 Å². The summed E-state index contributed by atoms with van der Waals surface area (Å²) in [7, 11) is 1.58. The van der Waals surface area contributed by atoms with Crippen molar-refractivity contribution >= 4 is 17.7 Å². The molecule has 0 fully saturated rings. The third-order valence-electron chi connectivity index (χ3n) is 4.85. The van der Waals surface area contributed by atoms with E-state index in [2.05, 4.69) is 25.8 Å². The molecule has 4 rings (SSSR count). The summed E-state index contributed by atoms with van der Waals surface area (Å²) in [5.74, 6) is -0.228. The summed E-state index contributed by atoms with van der Waals surface area (Å²) >= 11 is 0. The van der Waals surface area contributed by atoms with Gasteiger partial charge in [0.1, 0.15) is 23.2 Å². The average Bonchev–Trinajstić information content (AvgIpc) is 3.31. The van der Waals surface area contributed by atoms with E-state index < -0.39 is 11.7 Å². The van der Waals surface area contributed by atoms with Gasteiger partial charge in [-0.3, -0.25) is 9.89 Å². The Kier molecular flexibility index (Phi) is 6.92. The number of nitrogens with one attached hydrogen (secondary N) is 3. The highest BCUT2D eigenvalue weighted by Gasteiger charge is 2.11. The number of guanidine groups is 1. The second-order valence-electron chi connectivity index (χ2n) is 7.28. The first-order valence-electron chi connectivity index (χ1n) is 10.3. The van der Waals surface area contributed by atoms with Crippen molar-refractivity contribution in [2.24, 2.45) is 4.99 Å². The fraction of sp³-hybridized carbons (Fsp3) is 0.0800. The minimum Gasteiger partial charge on any atom is -0.497 e. The fourth-order valence-corrected chi connectivity index (χ4v) is 3.15. The van der Waals surface area contributed by atoms with E-state index in [1.54, 1.807) is 25.3 Å². The van der Waals surface area contributed by atoms with Crippen molar-refractivity contribution in [1.82, 2.24) is 15.5 Å². The Balaban J connectivity index is 1.56. The maximum absolute atomic E-state index is 13.6. The maximum Gasteiger partial charge on any atom is 0.280 e. The molecule has 0 aliphatic heterocycles. The lowest BCUT2D eigenvalue weighted by Crippen LogP contribution is -2.31. The number of H-pyrrole nitrogens is 1. The van der Waals surface area contributed by atoms with Gasteiger partial charge in [0.05, 0.1) is 12.8 Å². The van der Waals surface area contributed by atoms with E-state index in [-0.39, 0.29) is 17.3 Å². The van der Waals surface area contributed by atoms with Crippen LogP contribution in [0.4, 0.5) is 14.6 Å². The van der Waals surface area contributed by atoms with Crippen LogP contribution in [-0.2, 0) is 6.54 Å². The van der Waals surface area contributed by atoms with Crippen molar-refractivity contribution in [2.45, 2.75) is 6.54 Å². The third-order valence-corrected chi connectivity index (χ3v) is 4.85. The van der Waals surface area contributed by atoms with E-state index in [1.165, 1.54) is 30.3 Å². The van der Waals surface area contributed by atoms with Gasteiger partial charge < -0.3 is 15.4 Å². The van der Waals surface area contributed by atoms with Gasteiger partial charge in [0, 0.05) is 23.7 Å². The van der Waals surface area contributed by atoms with Crippen molar-refractivity contribution < 1.29 is 18.3 Å². The summed E-state index contributed by atoms with van der Waals surface area (Å²) in [6.45, 7) is 0.332. The van der Waals surface area contributed by atoms with Gasteiger partial charge in [-0.1, -0.05) is 18.2 Å². The lowest BCUT2D eigenvalue weighted by Gasteiger charge is -2.11. The number of halogens is 2. The van der Waals surface area contributed by atoms with Crippen LogP contribution < -0.4 is 15.4 Å². The zero-order chi connectivity index (χ0) is 23.9. The smallest absolute Gasteiger partial charge is 0.280 e. The van der Waals surface area contributed by atoms with Gasteiger partial charge in [0.15, 0.2) is 0 Å². The largest absolute Gasteiger partial charge is 0.497 e. The van der Waals surface area contributed by atoms with E-state index in [1.807, 2.05) is 24.3 Å². The summed E-state index contributed by atoms with van der Waals surface area (Å²) in [6.07, 6.45) is 0. The summed E-state index contributed by atoms with van der Waals surface area (Å²) in [5, 5.41) is 13.1. The standard InChI is InChI=1S/C25H21F2N5O2/c1-34-21-7-2-4-16(12-21)15-28-25(30-24(33)18-5-3-6-20(27)13-18)29-23-14-22(31-32-23)17-8-10-19(26)11-9-17/h2-14H,15H2,1H3,(H3,28,29,30,31,32,33). The van der Waals surface area contributed by atoms with E-state index in [4.69, 9.17) is 4.74 Å². The minimum absolute atomic E-state index is 0.110. The Labute approximate surface area is 194 Å². The molecular formula is C25H21F2N5O2. The fourth-order valence-electron chi connectivity index (χ4n) is 3.15. The molecule has 0 atom stereocenters. The first kappa shape index (κ1) is 22.7. The van der Waals surface area contributed by atoms with Gasteiger partial charge in [-0.05, 0) is 60.2 Å². The minimum atomic E-state index is -0.626. The highest BCUT2D eigenvalue weighted by molar-refractivity contribution is 6.06. The molecule has 34 heavy (non-hydrogen) atoms. The van der Waals surface area contributed by atoms with E-state index >= 15 is 0 Å². The number of anilines is 1. The molecule has 3 aromatic carbocycles. The predicted octanol–water partition coefficient (Wildman–Crippen LogP) is 4.76. The van der Waals surface area contributed by atoms with Crippen LogP contribution in [0.5, 0.6) is 5.75 Å². The molecule has 0 aliphatic carbocycles. The Morgan fingerprint density at radius 3 is 2.56 bits per heavy atom. The number of ether oxygens (including phenoxy) is 1. The van der Waals surface area contributed by atoms with Crippen LogP contribution in [0.15, 0.2) is 83.9 Å². The molecule has 1 aromatic heterocycles. The van der Waals surface area contributed by atoms with Crippen molar-refractivity contribution in [1.29, 1.82) is 0 Å². The highest BCUT2D eigenvalue weighted by atomic mass is 19.1. The van der Waals surface area contributed by atoms with Crippen molar-refractivity contribution in [2.75, 3.05) is 12.4 Å². The third kappa shape index (κ3) is 5.83. The van der Waals surface area contributed by atoms with Crippen LogP contribution >= 0.6 is 0 Å². The molecule has 7 nitrogen and oxygen atoms in total. The zero-order valence-electron chi connectivity index (χ0n) is 18.2. The van der Waals surface area contributed by atoms with Gasteiger partial charge in [-0.2, -0.15) is 10.1 Å². The Morgan fingerprint density at radius 2 is 1.79 bits per heavy atom. The number of methoxy groups -OCH3 is 1. The van der Waals surface area contributed by atoms with Crippen molar-refractivity contribution in [3.8, 4) is 17.0 Å². The van der Waals surface area contributed by atoms with Gasteiger partial charge in [0.25, 0.3) is 5.91 Å². The van der Waals surface area contributed by atoms with Gasteiger partial charge in [0.2, 0.25) is 5.96 Å². The summed E-state index contributed by atoms with van der Waals surface area (Å²) < 4.78 is 32.0. The number of carbonyl (C=O) groups is 1. The van der Waals surface area contributed by atoms with Crippen LogP contribution in [0, 0.1) is 11.6 Å². The molecule has 4 aromatic rings. The molecule has 0 saturated carbocycles. The number of nitrogens with zero attached hydrogens (tertiary/aromatic N) is 2. The van der Waals surface area contributed by atoms with Gasteiger partial charge >= 0.3 is 0 Å². The Morgan fingerprint density at radius 1 is 1.00 bits per heavy atom. The molecule has 0 unspecified atom stereocenters. The molecule has 172 valence electrons. The van der Waals surface area contributed by atoms with Gasteiger partial charge in [-0.25, -0.2) is 8.78 Å². The summed E-state index contributed by atoms with van der Waals surface area (Å²) in [4.78, 5) is 16.7. The summed E-state index contributed by atoms with van der Waals surface area (Å²) in [5.41, 5.74) is 2.29. The Bertz CT molecular complexity index is 1320. The molecule has 3 N–H and O–H groups in total. The first-order valence-corrected chi connectivity index (χ1v) is 10.3. The van der Waals surface area contributed by atoms with Crippen LogP contribution in [0.25, 0.3) is 11.3 Å². The Hall–Kier alpha value is -4.53. The number of amides is 1. The zero-order valence-corrected chi connectivity index (χ0v) is 18.2. The summed E-state index contributed by atoms with van der Waals surface area (Å²) in [6, 6.07) is 20.3. The van der Waals surface area contributed by atoms with Crippen molar-refractivity contribution in [3.63, 3.8) is 0 Å². The molecule has 0 spiro atoms. The van der Waals surface area contributed by atoms with Gasteiger partial charge in [-0.15, -0.1) is 0 Å². The number of hydrogen-bond acceptors (Lipinski definition) is 3. The monoisotopic (exact) mass is 461 g/mol. The number of carbonyl (C=O) groups excluding carboxylic acids is 1. The molecule has 0 saturated heterocycles. The van der Waals surface area contributed by atoms with Crippen LogP contribution in [0.3, 0.4) is 0 Å².